The highest BCUT2D eigenvalue weighted by Crippen LogP contribution is 2.20. The van der Waals surface area contributed by atoms with Crippen LogP contribution >= 0.6 is 0 Å². The average Bonchev–Trinajstić information content (AvgIpc) is 2.52. The maximum atomic E-state index is 12.3. The Hall–Kier alpha value is -2.29. The van der Waals surface area contributed by atoms with Crippen molar-refractivity contribution in [3.63, 3.8) is 0 Å². The topological polar surface area (TPSA) is 38.3 Å². The summed E-state index contributed by atoms with van der Waals surface area (Å²) < 4.78 is 5.67. The Balaban J connectivity index is 1.98. The number of carbonyl (C=O) groups is 1. The molecule has 0 radical (unpaired) electrons. The van der Waals surface area contributed by atoms with Crippen LogP contribution in [-0.2, 0) is 0 Å². The summed E-state index contributed by atoms with van der Waals surface area (Å²) in [4.78, 5) is 12.3. The van der Waals surface area contributed by atoms with Crippen LogP contribution in [0.4, 0.5) is 5.69 Å². The molecule has 23 heavy (non-hydrogen) atoms. The molecule has 0 aliphatic heterocycles. The van der Waals surface area contributed by atoms with Crippen molar-refractivity contribution in [1.29, 1.82) is 0 Å². The van der Waals surface area contributed by atoms with Crippen LogP contribution in [0, 0.1) is 19.8 Å². The quantitative estimate of drug-likeness (QED) is 0.817. The second kappa shape index (κ2) is 7.82. The molecule has 0 saturated carbocycles. The van der Waals surface area contributed by atoms with Gasteiger partial charge in [-0.3, -0.25) is 4.79 Å². The largest absolute Gasteiger partial charge is 0.494 e. The zero-order chi connectivity index (χ0) is 16.8. The van der Waals surface area contributed by atoms with Crippen LogP contribution in [-0.4, -0.2) is 12.5 Å². The Bertz CT molecular complexity index is 660. The number of ether oxygens (including phenoxy) is 1. The lowest BCUT2D eigenvalue weighted by atomic mass is 10.1. The molecule has 0 aliphatic carbocycles. The highest BCUT2D eigenvalue weighted by molar-refractivity contribution is 6.04. The number of nitrogens with one attached hydrogen (secondary N) is 1. The first-order chi connectivity index (χ1) is 11.0. The molecule has 0 aliphatic rings. The summed E-state index contributed by atoms with van der Waals surface area (Å²) in [5, 5.41) is 2.97. The first-order valence-corrected chi connectivity index (χ1v) is 8.08. The lowest BCUT2D eigenvalue weighted by Gasteiger charge is -2.11. The molecule has 2 aromatic carbocycles. The predicted octanol–water partition coefficient (Wildman–Crippen LogP) is 4.98. The van der Waals surface area contributed by atoms with Crippen molar-refractivity contribution in [2.75, 3.05) is 11.9 Å². The number of amides is 1. The zero-order valence-electron chi connectivity index (χ0n) is 14.3. The minimum absolute atomic E-state index is 0.104. The molecule has 0 spiro atoms. The van der Waals surface area contributed by atoms with E-state index in [0.717, 1.165) is 29.0 Å². The summed E-state index contributed by atoms with van der Waals surface area (Å²) in [5.74, 6) is 1.32. The van der Waals surface area contributed by atoms with Gasteiger partial charge in [0.05, 0.1) is 6.61 Å². The number of benzene rings is 2. The number of aryl methyl sites for hydroxylation is 1. The lowest BCUT2D eigenvalue weighted by molar-refractivity contribution is 0.102. The molecule has 0 atom stereocenters. The normalized spacial score (nSPS) is 10.7. The third-order valence-electron chi connectivity index (χ3n) is 3.93. The van der Waals surface area contributed by atoms with Crippen LogP contribution in [0.5, 0.6) is 5.75 Å². The molecule has 0 bridgehead atoms. The van der Waals surface area contributed by atoms with Crippen molar-refractivity contribution < 1.29 is 9.53 Å². The predicted molar refractivity (Wildman–Crippen MR) is 95.3 cm³/mol. The van der Waals surface area contributed by atoms with Crippen LogP contribution in [0.15, 0.2) is 42.5 Å². The van der Waals surface area contributed by atoms with Gasteiger partial charge in [0.25, 0.3) is 5.91 Å². The SMILES string of the molecule is Cc1cccc(NC(=O)c2ccc(OCCC(C)C)cc2)c1C. The van der Waals surface area contributed by atoms with Crippen molar-refractivity contribution >= 4 is 11.6 Å². The van der Waals surface area contributed by atoms with E-state index in [2.05, 4.69) is 19.2 Å². The van der Waals surface area contributed by atoms with Gasteiger partial charge in [0.15, 0.2) is 0 Å². The Morgan fingerprint density at radius 3 is 2.43 bits per heavy atom. The van der Waals surface area contributed by atoms with Gasteiger partial charge in [-0.1, -0.05) is 26.0 Å². The molecule has 0 saturated heterocycles. The molecule has 3 nitrogen and oxygen atoms in total. The van der Waals surface area contributed by atoms with Gasteiger partial charge in [0.2, 0.25) is 0 Å². The highest BCUT2D eigenvalue weighted by atomic mass is 16.5. The summed E-state index contributed by atoms with van der Waals surface area (Å²) in [6.45, 7) is 9.09. The van der Waals surface area contributed by atoms with E-state index < -0.39 is 0 Å². The van der Waals surface area contributed by atoms with Gasteiger partial charge >= 0.3 is 0 Å². The lowest BCUT2D eigenvalue weighted by Crippen LogP contribution is -2.13. The molecule has 122 valence electrons. The fraction of sp³-hybridized carbons (Fsp3) is 0.350. The molecular formula is C20H25NO2. The maximum Gasteiger partial charge on any atom is 0.255 e. The zero-order valence-corrected chi connectivity index (χ0v) is 14.3. The third kappa shape index (κ3) is 4.85. The van der Waals surface area contributed by atoms with Gasteiger partial charge in [-0.15, -0.1) is 0 Å². The average molecular weight is 311 g/mol. The Morgan fingerprint density at radius 2 is 1.78 bits per heavy atom. The van der Waals surface area contributed by atoms with Crippen molar-refractivity contribution in [1.82, 2.24) is 0 Å². The smallest absolute Gasteiger partial charge is 0.255 e. The minimum atomic E-state index is -0.104. The van der Waals surface area contributed by atoms with E-state index in [0.29, 0.717) is 18.1 Å². The Morgan fingerprint density at radius 1 is 1.09 bits per heavy atom. The van der Waals surface area contributed by atoms with E-state index in [9.17, 15) is 4.79 Å². The van der Waals surface area contributed by atoms with E-state index in [1.165, 1.54) is 0 Å². The van der Waals surface area contributed by atoms with Crippen molar-refractivity contribution in [2.24, 2.45) is 5.92 Å². The number of anilines is 1. The van der Waals surface area contributed by atoms with Gasteiger partial charge in [-0.05, 0) is 67.6 Å². The second-order valence-electron chi connectivity index (χ2n) is 6.26. The number of carbonyl (C=O) groups excluding carboxylic acids is 1. The molecule has 1 amide bonds. The molecule has 2 rings (SSSR count). The van der Waals surface area contributed by atoms with Gasteiger partial charge < -0.3 is 10.1 Å². The summed E-state index contributed by atoms with van der Waals surface area (Å²) in [6, 6.07) is 13.2. The van der Waals surface area contributed by atoms with Crippen LogP contribution in [0.1, 0.15) is 41.8 Å². The van der Waals surface area contributed by atoms with E-state index in [4.69, 9.17) is 4.74 Å². The molecular weight excluding hydrogens is 286 g/mol. The van der Waals surface area contributed by atoms with Crippen LogP contribution < -0.4 is 10.1 Å². The van der Waals surface area contributed by atoms with Crippen LogP contribution in [0.25, 0.3) is 0 Å². The van der Waals surface area contributed by atoms with Crippen molar-refractivity contribution in [3.05, 3.63) is 59.2 Å². The fourth-order valence-corrected chi connectivity index (χ4v) is 2.20. The number of hydrogen-bond donors (Lipinski definition) is 1. The molecule has 0 heterocycles. The highest BCUT2D eigenvalue weighted by Gasteiger charge is 2.08. The van der Waals surface area contributed by atoms with E-state index in [1.807, 2.05) is 44.2 Å². The Kier molecular flexibility index (Phi) is 5.80. The van der Waals surface area contributed by atoms with E-state index >= 15 is 0 Å². The number of hydrogen-bond acceptors (Lipinski definition) is 2. The van der Waals surface area contributed by atoms with Gasteiger partial charge in [-0.25, -0.2) is 0 Å². The van der Waals surface area contributed by atoms with Crippen molar-refractivity contribution in [2.45, 2.75) is 34.1 Å². The molecule has 2 aromatic rings. The first kappa shape index (κ1) is 17.1. The molecule has 1 N–H and O–H groups in total. The minimum Gasteiger partial charge on any atom is -0.494 e. The standard InChI is InChI=1S/C20H25NO2/c1-14(2)12-13-23-18-10-8-17(9-11-18)20(22)21-19-7-5-6-15(3)16(19)4/h5-11,14H,12-13H2,1-4H3,(H,21,22). The third-order valence-corrected chi connectivity index (χ3v) is 3.93. The van der Waals surface area contributed by atoms with Crippen LogP contribution in [0.3, 0.4) is 0 Å². The summed E-state index contributed by atoms with van der Waals surface area (Å²) in [6.07, 6.45) is 1.02. The van der Waals surface area contributed by atoms with Crippen molar-refractivity contribution in [3.8, 4) is 5.75 Å². The van der Waals surface area contributed by atoms with Gasteiger partial charge in [0, 0.05) is 11.3 Å². The second-order valence-corrected chi connectivity index (χ2v) is 6.26. The summed E-state index contributed by atoms with van der Waals surface area (Å²) >= 11 is 0. The van der Waals surface area contributed by atoms with Gasteiger partial charge in [0.1, 0.15) is 5.75 Å². The van der Waals surface area contributed by atoms with Gasteiger partial charge in [-0.2, -0.15) is 0 Å². The van der Waals surface area contributed by atoms with E-state index in [1.54, 1.807) is 12.1 Å². The van der Waals surface area contributed by atoms with Crippen LogP contribution in [0.2, 0.25) is 0 Å². The molecule has 0 aromatic heterocycles. The Labute approximate surface area is 138 Å². The molecule has 0 fully saturated rings. The first-order valence-electron chi connectivity index (χ1n) is 8.08. The monoisotopic (exact) mass is 311 g/mol. The number of rotatable bonds is 6. The fourth-order valence-electron chi connectivity index (χ4n) is 2.20. The summed E-state index contributed by atoms with van der Waals surface area (Å²) in [5.41, 5.74) is 3.74. The molecule has 3 heteroatoms. The van der Waals surface area contributed by atoms with E-state index in [-0.39, 0.29) is 5.91 Å². The molecule has 0 unspecified atom stereocenters. The maximum absolute atomic E-state index is 12.3. The summed E-state index contributed by atoms with van der Waals surface area (Å²) in [7, 11) is 0.